The van der Waals surface area contributed by atoms with Gasteiger partial charge in [-0.2, -0.15) is 0 Å². The molecule has 1 N–H and O–H groups in total. The van der Waals surface area contributed by atoms with Crippen LogP contribution in [-0.2, 0) is 24.2 Å². The summed E-state index contributed by atoms with van der Waals surface area (Å²) in [4.78, 5) is 7.89. The van der Waals surface area contributed by atoms with Gasteiger partial charge in [0.25, 0.3) is 0 Å². The van der Waals surface area contributed by atoms with Gasteiger partial charge in [-0.3, -0.25) is 9.88 Å². The van der Waals surface area contributed by atoms with Crippen molar-refractivity contribution in [3.05, 3.63) is 45.9 Å². The zero-order chi connectivity index (χ0) is 14.5. The second-order valence-corrected chi connectivity index (χ2v) is 6.27. The van der Waals surface area contributed by atoms with Crippen LogP contribution in [0.25, 0.3) is 0 Å². The van der Waals surface area contributed by atoms with Crippen LogP contribution < -0.4 is 5.32 Å². The summed E-state index contributed by atoms with van der Waals surface area (Å²) in [5.74, 6) is 0. The zero-order valence-electron chi connectivity index (χ0n) is 12.3. The first kappa shape index (κ1) is 14.5. The van der Waals surface area contributed by atoms with Crippen molar-refractivity contribution in [2.45, 2.75) is 19.5 Å². The van der Waals surface area contributed by atoms with Crippen LogP contribution in [-0.4, -0.2) is 36.7 Å². The van der Waals surface area contributed by atoms with E-state index < -0.39 is 0 Å². The average Bonchev–Trinajstić information content (AvgIpc) is 3.16. The highest BCUT2D eigenvalue weighted by atomic mass is 32.1. The molecule has 1 aromatic heterocycles. The van der Waals surface area contributed by atoms with Crippen molar-refractivity contribution in [2.24, 2.45) is 0 Å². The molecule has 0 saturated heterocycles. The Morgan fingerprint density at radius 2 is 2.33 bits per heavy atom. The molecule has 0 fully saturated rings. The minimum Gasteiger partial charge on any atom is -0.384 e. The molecule has 0 bridgehead atoms. The number of para-hydroxylation sites is 1. The molecular weight excluding hydrogens is 282 g/mol. The van der Waals surface area contributed by atoms with E-state index >= 15 is 0 Å². The largest absolute Gasteiger partial charge is 0.384 e. The van der Waals surface area contributed by atoms with E-state index in [1.54, 1.807) is 18.4 Å². The van der Waals surface area contributed by atoms with Gasteiger partial charge in [-0.15, -0.1) is 11.3 Å². The molecule has 0 unspecified atom stereocenters. The van der Waals surface area contributed by atoms with Gasteiger partial charge in [-0.05, 0) is 17.5 Å². The summed E-state index contributed by atoms with van der Waals surface area (Å²) >= 11 is 1.71. The van der Waals surface area contributed by atoms with Gasteiger partial charge in [0.05, 0.1) is 12.1 Å². The number of anilines is 1. The Labute approximate surface area is 129 Å². The van der Waals surface area contributed by atoms with Crippen LogP contribution in [0.5, 0.6) is 0 Å². The summed E-state index contributed by atoms with van der Waals surface area (Å²) in [6, 6.07) is 6.62. The number of fused-ring (bicyclic) bond motifs is 1. The molecule has 4 nitrogen and oxygen atoms in total. The van der Waals surface area contributed by atoms with Crippen LogP contribution in [0, 0.1) is 0 Å². The molecule has 0 radical (unpaired) electrons. The second kappa shape index (κ2) is 7.02. The topological polar surface area (TPSA) is 37.4 Å². The first-order valence-corrected chi connectivity index (χ1v) is 8.18. The predicted octanol–water partition coefficient (Wildman–Crippen LogP) is 2.76. The minimum atomic E-state index is 0.751. The van der Waals surface area contributed by atoms with Crippen molar-refractivity contribution >= 4 is 17.0 Å². The normalized spacial score (nSPS) is 13.4. The lowest BCUT2D eigenvalue weighted by Crippen LogP contribution is -2.26. The van der Waals surface area contributed by atoms with Gasteiger partial charge in [-0.1, -0.05) is 18.2 Å². The lowest BCUT2D eigenvalue weighted by atomic mass is 10.1. The molecule has 0 atom stereocenters. The number of methoxy groups -OCH3 is 1. The van der Waals surface area contributed by atoms with Crippen LogP contribution in [0.2, 0.25) is 0 Å². The molecule has 1 aliphatic rings. The number of hydrogen-bond donors (Lipinski definition) is 1. The van der Waals surface area contributed by atoms with Crippen LogP contribution in [0.4, 0.5) is 5.69 Å². The Balaban J connectivity index is 1.73. The fourth-order valence-corrected chi connectivity index (χ4v) is 3.39. The number of hydrogen-bond acceptors (Lipinski definition) is 5. The fourth-order valence-electron chi connectivity index (χ4n) is 2.76. The molecule has 2 aromatic rings. The van der Waals surface area contributed by atoms with E-state index in [0.717, 1.165) is 39.2 Å². The third-order valence-corrected chi connectivity index (χ3v) is 4.57. The van der Waals surface area contributed by atoms with Crippen molar-refractivity contribution in [3.63, 3.8) is 0 Å². The summed E-state index contributed by atoms with van der Waals surface area (Å²) in [7, 11) is 1.76. The van der Waals surface area contributed by atoms with Crippen molar-refractivity contribution < 1.29 is 4.74 Å². The van der Waals surface area contributed by atoms with Crippen LogP contribution >= 0.6 is 11.3 Å². The number of thiazole rings is 1. The van der Waals surface area contributed by atoms with Gasteiger partial charge >= 0.3 is 0 Å². The van der Waals surface area contributed by atoms with Crippen molar-refractivity contribution in [1.29, 1.82) is 0 Å². The van der Waals surface area contributed by atoms with E-state index in [1.165, 1.54) is 21.7 Å². The maximum absolute atomic E-state index is 5.25. The Morgan fingerprint density at radius 1 is 1.38 bits per heavy atom. The van der Waals surface area contributed by atoms with Gasteiger partial charge in [0, 0.05) is 50.1 Å². The third-order valence-electron chi connectivity index (χ3n) is 3.80. The van der Waals surface area contributed by atoms with Crippen molar-refractivity contribution in [3.8, 4) is 0 Å². The minimum absolute atomic E-state index is 0.751. The molecule has 112 valence electrons. The van der Waals surface area contributed by atoms with E-state index in [0.29, 0.717) is 0 Å². The van der Waals surface area contributed by atoms with E-state index in [-0.39, 0.29) is 0 Å². The van der Waals surface area contributed by atoms with E-state index in [2.05, 4.69) is 33.4 Å². The fraction of sp³-hybridized carbons (Fsp3) is 0.438. The first-order valence-electron chi connectivity index (χ1n) is 7.30. The summed E-state index contributed by atoms with van der Waals surface area (Å²) in [5.41, 5.74) is 6.05. The quantitative estimate of drug-likeness (QED) is 0.853. The number of benzene rings is 1. The van der Waals surface area contributed by atoms with Gasteiger partial charge in [-0.25, -0.2) is 0 Å². The van der Waals surface area contributed by atoms with Crippen LogP contribution in [0.15, 0.2) is 29.9 Å². The molecule has 3 rings (SSSR count). The molecule has 1 aliphatic heterocycles. The maximum Gasteiger partial charge on any atom is 0.0794 e. The highest BCUT2D eigenvalue weighted by Crippen LogP contribution is 2.27. The monoisotopic (exact) mass is 303 g/mol. The van der Waals surface area contributed by atoms with Crippen LogP contribution in [0.1, 0.15) is 16.0 Å². The highest BCUT2D eigenvalue weighted by Gasteiger charge is 2.16. The van der Waals surface area contributed by atoms with Gasteiger partial charge < -0.3 is 10.1 Å². The SMILES string of the molecule is COCCN(Cc1cncs1)Cc1cccc2c1NCC2. The lowest BCUT2D eigenvalue weighted by Gasteiger charge is -2.22. The predicted molar refractivity (Wildman–Crippen MR) is 86.7 cm³/mol. The molecule has 2 heterocycles. The van der Waals surface area contributed by atoms with Crippen molar-refractivity contribution in [1.82, 2.24) is 9.88 Å². The lowest BCUT2D eigenvalue weighted by molar-refractivity contribution is 0.141. The molecule has 21 heavy (non-hydrogen) atoms. The number of nitrogens with zero attached hydrogens (tertiary/aromatic N) is 2. The van der Waals surface area contributed by atoms with Crippen LogP contribution in [0.3, 0.4) is 0 Å². The molecular formula is C16H21N3OS. The molecule has 0 amide bonds. The Hall–Kier alpha value is -1.43. The van der Waals surface area contributed by atoms with E-state index in [1.807, 2.05) is 11.7 Å². The number of aromatic nitrogens is 1. The molecule has 0 spiro atoms. The number of nitrogens with one attached hydrogen (secondary N) is 1. The first-order chi connectivity index (χ1) is 10.4. The van der Waals surface area contributed by atoms with E-state index in [9.17, 15) is 0 Å². The molecule has 1 aromatic carbocycles. The third kappa shape index (κ3) is 3.61. The summed E-state index contributed by atoms with van der Waals surface area (Å²) in [6.45, 7) is 4.60. The van der Waals surface area contributed by atoms with Crippen molar-refractivity contribution in [2.75, 3.05) is 32.1 Å². The van der Waals surface area contributed by atoms with E-state index in [4.69, 9.17) is 4.74 Å². The Bertz CT molecular complexity index is 571. The standard InChI is InChI=1S/C16H21N3OS/c1-20-8-7-19(11-15-9-17-12-21-15)10-14-4-2-3-13-5-6-18-16(13)14/h2-4,9,12,18H,5-8,10-11H2,1H3. The van der Waals surface area contributed by atoms with Gasteiger partial charge in [0.15, 0.2) is 0 Å². The summed E-state index contributed by atoms with van der Waals surface area (Å²) in [6.07, 6.45) is 3.09. The number of rotatable bonds is 7. The Kier molecular flexibility index (Phi) is 4.85. The Morgan fingerprint density at radius 3 is 3.14 bits per heavy atom. The average molecular weight is 303 g/mol. The summed E-state index contributed by atoms with van der Waals surface area (Å²) in [5, 5.41) is 3.52. The maximum atomic E-state index is 5.25. The number of ether oxygens (including phenoxy) is 1. The molecule has 5 heteroatoms. The zero-order valence-corrected chi connectivity index (χ0v) is 13.2. The summed E-state index contributed by atoms with van der Waals surface area (Å²) < 4.78 is 5.25. The van der Waals surface area contributed by atoms with Gasteiger partial charge in [0.2, 0.25) is 0 Å². The second-order valence-electron chi connectivity index (χ2n) is 5.30. The smallest absolute Gasteiger partial charge is 0.0794 e. The molecule has 0 aliphatic carbocycles. The van der Waals surface area contributed by atoms with Gasteiger partial charge in [0.1, 0.15) is 0 Å². The highest BCUT2D eigenvalue weighted by molar-refractivity contribution is 7.09. The molecule has 0 saturated carbocycles.